The van der Waals surface area contributed by atoms with Crippen LogP contribution in [0.4, 0.5) is 27.8 Å². The zero-order valence-electron chi connectivity index (χ0n) is 14.9. The molecule has 8 nitrogen and oxygen atoms in total. The molecule has 3 aromatic rings. The number of halogens is 1. The number of nitrogens with one attached hydrogen (secondary N) is 1. The van der Waals surface area contributed by atoms with Crippen LogP contribution in [-0.4, -0.2) is 33.0 Å². The molecule has 140 valence electrons. The predicted octanol–water partition coefficient (Wildman–Crippen LogP) is 2.26. The summed E-state index contributed by atoms with van der Waals surface area (Å²) in [5.74, 6) is 1.54. The van der Waals surface area contributed by atoms with Crippen LogP contribution in [0.25, 0.3) is 0 Å². The molecule has 0 aliphatic rings. The Kier molecular flexibility index (Phi) is 5.72. The Labute approximate surface area is 156 Å². The lowest BCUT2D eigenvalue weighted by Crippen LogP contribution is -2.27. The first-order valence-electron chi connectivity index (χ1n) is 8.47. The average Bonchev–Trinajstić information content (AvgIpc) is 2.66. The van der Waals surface area contributed by atoms with E-state index in [1.54, 1.807) is 36.8 Å². The lowest BCUT2D eigenvalue weighted by atomic mass is 10.1. The maximum Gasteiger partial charge on any atom is 0.227 e. The number of aromatic nitrogens is 4. The highest BCUT2D eigenvalue weighted by atomic mass is 19.1. The van der Waals surface area contributed by atoms with E-state index in [0.717, 1.165) is 5.56 Å². The summed E-state index contributed by atoms with van der Waals surface area (Å²) in [5, 5.41) is 3.19. The van der Waals surface area contributed by atoms with E-state index in [0.29, 0.717) is 36.5 Å². The quantitative estimate of drug-likeness (QED) is 0.581. The van der Waals surface area contributed by atoms with Crippen LogP contribution < -0.4 is 21.7 Å². The molecular weight excluding hydrogens is 347 g/mol. The summed E-state index contributed by atoms with van der Waals surface area (Å²) >= 11 is 0. The first-order chi connectivity index (χ1) is 13.1. The van der Waals surface area contributed by atoms with Crippen LogP contribution in [0.2, 0.25) is 0 Å². The number of hydrogen-bond donors (Lipinski definition) is 3. The van der Waals surface area contributed by atoms with Crippen molar-refractivity contribution < 1.29 is 4.39 Å². The van der Waals surface area contributed by atoms with Crippen molar-refractivity contribution in [3.8, 4) is 0 Å². The molecule has 3 rings (SSSR count). The van der Waals surface area contributed by atoms with Gasteiger partial charge in [0.05, 0.1) is 12.2 Å². The maximum atomic E-state index is 13.1. The van der Waals surface area contributed by atoms with E-state index in [9.17, 15) is 4.39 Å². The van der Waals surface area contributed by atoms with E-state index < -0.39 is 0 Å². The molecule has 2 aromatic heterocycles. The highest BCUT2D eigenvalue weighted by Gasteiger charge is 2.15. The number of nitrogen functional groups attached to an aromatic ring is 1. The summed E-state index contributed by atoms with van der Waals surface area (Å²) < 4.78 is 13.1. The van der Waals surface area contributed by atoms with Gasteiger partial charge in [0.2, 0.25) is 5.95 Å². The number of benzene rings is 1. The molecule has 0 amide bonds. The molecule has 0 spiro atoms. The van der Waals surface area contributed by atoms with Gasteiger partial charge in [0, 0.05) is 31.5 Å². The van der Waals surface area contributed by atoms with Crippen LogP contribution in [0.3, 0.4) is 0 Å². The summed E-state index contributed by atoms with van der Waals surface area (Å²) in [4.78, 5) is 19.0. The van der Waals surface area contributed by atoms with E-state index in [4.69, 9.17) is 11.5 Å². The molecule has 2 heterocycles. The van der Waals surface area contributed by atoms with Crippen molar-refractivity contribution in [3.05, 3.63) is 60.3 Å². The molecule has 1 atom stereocenters. The lowest BCUT2D eigenvalue weighted by Gasteiger charge is -2.23. The topological polar surface area (TPSA) is 119 Å². The van der Waals surface area contributed by atoms with E-state index in [-0.39, 0.29) is 11.9 Å². The van der Waals surface area contributed by atoms with Crippen LogP contribution in [0.5, 0.6) is 0 Å². The van der Waals surface area contributed by atoms with Crippen molar-refractivity contribution >= 4 is 23.4 Å². The van der Waals surface area contributed by atoms with Gasteiger partial charge >= 0.3 is 0 Å². The summed E-state index contributed by atoms with van der Waals surface area (Å²) in [6, 6.07) is 7.76. The van der Waals surface area contributed by atoms with Crippen LogP contribution in [0.1, 0.15) is 18.5 Å². The third-order valence-electron chi connectivity index (χ3n) is 3.90. The Hall–Kier alpha value is -3.33. The van der Waals surface area contributed by atoms with Crippen LogP contribution in [0, 0.1) is 5.82 Å². The Bertz CT molecular complexity index is 872. The Balaban J connectivity index is 1.87. The van der Waals surface area contributed by atoms with Gasteiger partial charge in [-0.2, -0.15) is 9.97 Å². The third-order valence-corrected chi connectivity index (χ3v) is 3.90. The van der Waals surface area contributed by atoms with E-state index >= 15 is 0 Å². The summed E-state index contributed by atoms with van der Waals surface area (Å²) in [5.41, 5.74) is 12.6. The average molecular weight is 368 g/mol. The SMILES string of the molecule is C[C@H](Nc1nc(N)cc(N(CCN)c2cnccn2)n1)c1ccc(F)cc1. The zero-order valence-corrected chi connectivity index (χ0v) is 14.9. The molecule has 0 fully saturated rings. The first-order valence-corrected chi connectivity index (χ1v) is 8.47. The van der Waals surface area contributed by atoms with Crippen LogP contribution in [0.15, 0.2) is 48.9 Å². The molecule has 27 heavy (non-hydrogen) atoms. The largest absolute Gasteiger partial charge is 0.383 e. The Morgan fingerprint density at radius 3 is 2.59 bits per heavy atom. The van der Waals surface area contributed by atoms with Crippen molar-refractivity contribution in [2.24, 2.45) is 5.73 Å². The fraction of sp³-hybridized carbons (Fsp3) is 0.222. The van der Waals surface area contributed by atoms with E-state index in [1.165, 1.54) is 12.1 Å². The second-order valence-electron chi connectivity index (χ2n) is 5.90. The van der Waals surface area contributed by atoms with Gasteiger partial charge in [0.1, 0.15) is 17.5 Å². The Morgan fingerprint density at radius 1 is 1.15 bits per heavy atom. The van der Waals surface area contributed by atoms with Crippen LogP contribution in [-0.2, 0) is 0 Å². The predicted molar refractivity (Wildman–Crippen MR) is 103 cm³/mol. The molecule has 0 saturated carbocycles. The lowest BCUT2D eigenvalue weighted by molar-refractivity contribution is 0.626. The molecule has 0 aliphatic heterocycles. The van der Waals surface area contributed by atoms with Crippen LogP contribution >= 0.6 is 0 Å². The fourth-order valence-corrected chi connectivity index (χ4v) is 2.59. The molecule has 9 heteroatoms. The molecular formula is C18H21FN8. The van der Waals surface area contributed by atoms with Gasteiger partial charge in [0.15, 0.2) is 5.82 Å². The number of hydrogen-bond acceptors (Lipinski definition) is 8. The highest BCUT2D eigenvalue weighted by molar-refractivity contribution is 5.60. The monoisotopic (exact) mass is 368 g/mol. The van der Waals surface area contributed by atoms with Gasteiger partial charge in [0.25, 0.3) is 0 Å². The van der Waals surface area contributed by atoms with Crippen molar-refractivity contribution in [1.82, 2.24) is 19.9 Å². The first kappa shape index (κ1) is 18.5. The second-order valence-corrected chi connectivity index (χ2v) is 5.90. The highest BCUT2D eigenvalue weighted by Crippen LogP contribution is 2.25. The minimum atomic E-state index is -0.283. The van der Waals surface area contributed by atoms with Gasteiger partial charge in [-0.05, 0) is 24.6 Å². The van der Waals surface area contributed by atoms with E-state index in [2.05, 4.69) is 25.3 Å². The minimum absolute atomic E-state index is 0.139. The number of nitrogens with two attached hydrogens (primary N) is 2. The molecule has 0 unspecified atom stereocenters. The molecule has 0 radical (unpaired) electrons. The fourth-order valence-electron chi connectivity index (χ4n) is 2.59. The number of anilines is 4. The van der Waals surface area contributed by atoms with Gasteiger partial charge < -0.3 is 21.7 Å². The third kappa shape index (κ3) is 4.64. The van der Waals surface area contributed by atoms with Gasteiger partial charge in [-0.15, -0.1) is 0 Å². The Morgan fingerprint density at radius 2 is 1.93 bits per heavy atom. The van der Waals surface area contributed by atoms with Crippen molar-refractivity contribution in [2.75, 3.05) is 29.0 Å². The molecule has 5 N–H and O–H groups in total. The standard InChI is InChI=1S/C18H21FN8/c1-12(13-2-4-14(19)5-3-13)24-18-25-15(21)10-16(26-18)27(9-6-20)17-11-22-7-8-23-17/h2-5,7-8,10-12H,6,9,20H2,1H3,(H3,21,24,25,26)/t12-/m0/s1. The number of nitrogens with zero attached hydrogens (tertiary/aromatic N) is 5. The smallest absolute Gasteiger partial charge is 0.227 e. The van der Waals surface area contributed by atoms with Gasteiger partial charge in [-0.1, -0.05) is 12.1 Å². The zero-order chi connectivity index (χ0) is 19.2. The number of rotatable bonds is 7. The normalized spacial score (nSPS) is 11.8. The van der Waals surface area contributed by atoms with Crippen molar-refractivity contribution in [2.45, 2.75) is 13.0 Å². The summed E-state index contributed by atoms with van der Waals surface area (Å²) in [7, 11) is 0. The molecule has 1 aromatic carbocycles. The summed E-state index contributed by atoms with van der Waals surface area (Å²) in [6.07, 6.45) is 4.82. The van der Waals surface area contributed by atoms with Gasteiger partial charge in [-0.25, -0.2) is 9.37 Å². The second kappa shape index (κ2) is 8.37. The van der Waals surface area contributed by atoms with Gasteiger partial charge in [-0.3, -0.25) is 4.98 Å². The molecule has 0 bridgehead atoms. The van der Waals surface area contributed by atoms with Crippen molar-refractivity contribution in [1.29, 1.82) is 0 Å². The maximum absolute atomic E-state index is 13.1. The molecule has 0 aliphatic carbocycles. The minimum Gasteiger partial charge on any atom is -0.383 e. The van der Waals surface area contributed by atoms with E-state index in [1.807, 2.05) is 11.8 Å². The summed E-state index contributed by atoms with van der Waals surface area (Å²) in [6.45, 7) is 2.82. The van der Waals surface area contributed by atoms with Crippen molar-refractivity contribution in [3.63, 3.8) is 0 Å². The molecule has 0 saturated heterocycles.